The Morgan fingerprint density at radius 3 is 1.34 bits per heavy atom. The molecule has 0 heterocycles. The van der Waals surface area contributed by atoms with Crippen LogP contribution in [-0.4, -0.2) is 69.4 Å². The molecule has 0 saturated carbocycles. The number of carbonyl (C=O) groups is 2. The first-order valence-electron chi connectivity index (χ1n) is 29.5. The Bertz CT molecular complexity index is 1570. The molecule has 0 spiro atoms. The second-order valence-electron chi connectivity index (χ2n) is 20.8. The van der Waals surface area contributed by atoms with Crippen molar-refractivity contribution in [2.75, 3.05) is 40.9 Å². The standard InChI is InChI=1S/C63H111N2O7P/c1-7-10-13-16-19-22-25-27-28-29-30-31-32-33-34-35-36-38-40-43-46-49-52-55-62(66)64-60(59-71-73(68,69)70-58-57-65(4,5)6)61(54-51-48-45-42-39-24-21-18-15-12-9-3)72-63(67)56-53-50-47-44-41-37-26-23-20-17-14-11-8-2/h10,13,19,22,27-28,30-31,33-34,36-38,41,51,54,60-61H,7-9,11-12,14-18,20-21,23-26,29,32,35,39-40,42-50,52-53,55-59H2,1-6H3,(H-,64,66,68,69)/b13-10-,22-19-,28-27-,31-30-,34-33-,38-36-,41-37-,54-51-. The zero-order valence-electron chi connectivity index (χ0n) is 47.8. The number of amides is 1. The van der Waals surface area contributed by atoms with Gasteiger partial charge in [-0.15, -0.1) is 0 Å². The van der Waals surface area contributed by atoms with Crippen molar-refractivity contribution in [3.05, 3.63) is 97.2 Å². The molecule has 1 amide bonds. The first kappa shape index (κ1) is 69.9. The van der Waals surface area contributed by atoms with Gasteiger partial charge in [-0.05, 0) is 109 Å². The Hall–Kier alpha value is -3.07. The van der Waals surface area contributed by atoms with E-state index < -0.39 is 26.6 Å². The molecule has 3 unspecified atom stereocenters. The Morgan fingerprint density at radius 1 is 0.493 bits per heavy atom. The summed E-state index contributed by atoms with van der Waals surface area (Å²) in [5.74, 6) is -0.595. The predicted octanol–water partition coefficient (Wildman–Crippen LogP) is 17.4. The molecule has 0 rings (SSSR count). The quantitative estimate of drug-likeness (QED) is 0.0212. The molecular formula is C63H111N2O7P. The highest BCUT2D eigenvalue weighted by molar-refractivity contribution is 7.45. The van der Waals surface area contributed by atoms with Gasteiger partial charge >= 0.3 is 5.97 Å². The Morgan fingerprint density at radius 2 is 0.877 bits per heavy atom. The van der Waals surface area contributed by atoms with Crippen LogP contribution in [0.5, 0.6) is 0 Å². The Kier molecular flexibility index (Phi) is 50.2. The van der Waals surface area contributed by atoms with Gasteiger partial charge in [0.2, 0.25) is 5.91 Å². The second kappa shape index (κ2) is 52.4. The van der Waals surface area contributed by atoms with E-state index in [1.807, 2.05) is 33.3 Å². The van der Waals surface area contributed by atoms with Crippen LogP contribution < -0.4 is 10.2 Å². The van der Waals surface area contributed by atoms with Gasteiger partial charge in [0.1, 0.15) is 19.3 Å². The zero-order chi connectivity index (χ0) is 53.6. The van der Waals surface area contributed by atoms with Crippen LogP contribution in [0.15, 0.2) is 97.2 Å². The average Bonchev–Trinajstić information content (AvgIpc) is 3.35. The number of carbonyl (C=O) groups excluding carboxylic acids is 2. The summed E-state index contributed by atoms with van der Waals surface area (Å²) < 4.78 is 30.2. The number of nitrogens with one attached hydrogen (secondary N) is 1. The zero-order valence-corrected chi connectivity index (χ0v) is 48.7. The molecule has 0 aliphatic rings. The van der Waals surface area contributed by atoms with Crippen molar-refractivity contribution in [1.29, 1.82) is 0 Å². The second-order valence-corrected chi connectivity index (χ2v) is 22.2. The van der Waals surface area contributed by atoms with Crippen LogP contribution in [0.25, 0.3) is 0 Å². The molecule has 0 aromatic carbocycles. The highest BCUT2D eigenvalue weighted by Crippen LogP contribution is 2.38. The molecule has 420 valence electrons. The summed E-state index contributed by atoms with van der Waals surface area (Å²) in [6.45, 7) is 6.67. The van der Waals surface area contributed by atoms with Gasteiger partial charge in [-0.25, -0.2) is 0 Å². The largest absolute Gasteiger partial charge is 0.756 e. The van der Waals surface area contributed by atoms with E-state index in [1.165, 1.54) is 83.5 Å². The molecule has 0 aromatic heterocycles. The number of allylic oxidation sites excluding steroid dienone is 15. The SMILES string of the molecule is CC/C=C\C/C=C\C/C=C\C/C=C\C/C=C\C/C=C\CCCCCCC(=O)NC(COP(=O)([O-])OCC[N+](C)(C)C)C(/C=C\CCCCCCCCCCC)OC(=O)CCCCC/C=C\CCCCCCCC. The Balaban J connectivity index is 5.30. The lowest BCUT2D eigenvalue weighted by Crippen LogP contribution is -2.47. The van der Waals surface area contributed by atoms with E-state index in [4.69, 9.17) is 13.8 Å². The molecule has 9 nitrogen and oxygen atoms in total. The maximum absolute atomic E-state index is 13.5. The summed E-state index contributed by atoms with van der Waals surface area (Å²) in [5.41, 5.74) is 0. The lowest BCUT2D eigenvalue weighted by atomic mass is 10.1. The molecule has 0 aliphatic heterocycles. The maximum Gasteiger partial charge on any atom is 0.306 e. The summed E-state index contributed by atoms with van der Waals surface area (Å²) in [5, 5.41) is 3.00. The van der Waals surface area contributed by atoms with E-state index in [0.29, 0.717) is 23.9 Å². The predicted molar refractivity (Wildman–Crippen MR) is 311 cm³/mol. The summed E-state index contributed by atoms with van der Waals surface area (Å²) in [7, 11) is 1.15. The van der Waals surface area contributed by atoms with Crippen LogP contribution in [0.1, 0.15) is 239 Å². The first-order chi connectivity index (χ1) is 35.4. The van der Waals surface area contributed by atoms with Gasteiger partial charge in [0.25, 0.3) is 7.82 Å². The number of nitrogens with zero attached hydrogens (tertiary/aromatic N) is 1. The molecule has 0 aliphatic carbocycles. The van der Waals surface area contributed by atoms with Gasteiger partial charge in [0.05, 0.1) is 33.8 Å². The minimum absolute atomic E-state index is 0.0344. The molecule has 1 N–H and O–H groups in total. The fraction of sp³-hybridized carbons (Fsp3) is 0.714. The van der Waals surface area contributed by atoms with Crippen molar-refractivity contribution >= 4 is 19.7 Å². The molecule has 0 saturated heterocycles. The molecule has 0 aromatic rings. The van der Waals surface area contributed by atoms with Gasteiger partial charge in [0, 0.05) is 12.8 Å². The van der Waals surface area contributed by atoms with Crippen LogP contribution in [0.3, 0.4) is 0 Å². The van der Waals surface area contributed by atoms with Crippen molar-refractivity contribution < 1.29 is 37.3 Å². The van der Waals surface area contributed by atoms with E-state index in [9.17, 15) is 19.0 Å². The highest BCUT2D eigenvalue weighted by Gasteiger charge is 2.27. The van der Waals surface area contributed by atoms with E-state index in [1.54, 1.807) is 0 Å². The van der Waals surface area contributed by atoms with Gasteiger partial charge in [-0.1, -0.05) is 215 Å². The van der Waals surface area contributed by atoms with Gasteiger partial charge in [-0.2, -0.15) is 0 Å². The average molecular weight is 1040 g/mol. The lowest BCUT2D eigenvalue weighted by Gasteiger charge is -2.30. The van der Waals surface area contributed by atoms with Crippen LogP contribution >= 0.6 is 7.82 Å². The number of ether oxygens (including phenoxy) is 1. The third kappa shape index (κ3) is 53.6. The molecule has 0 fully saturated rings. The third-order valence-electron chi connectivity index (χ3n) is 12.5. The lowest BCUT2D eigenvalue weighted by molar-refractivity contribution is -0.870. The molecule has 3 atom stereocenters. The van der Waals surface area contributed by atoms with Crippen molar-refractivity contribution in [1.82, 2.24) is 5.32 Å². The number of esters is 1. The molecular weight excluding hydrogens is 928 g/mol. The first-order valence-corrected chi connectivity index (χ1v) is 31.0. The summed E-state index contributed by atoms with van der Waals surface area (Å²) in [6.07, 6.45) is 69.5. The van der Waals surface area contributed by atoms with E-state index in [-0.39, 0.29) is 31.3 Å². The summed E-state index contributed by atoms with van der Waals surface area (Å²) >= 11 is 0. The topological polar surface area (TPSA) is 114 Å². The highest BCUT2D eigenvalue weighted by atomic mass is 31.2. The monoisotopic (exact) mass is 1040 g/mol. The number of quaternary nitrogens is 1. The van der Waals surface area contributed by atoms with E-state index in [0.717, 1.165) is 109 Å². The van der Waals surface area contributed by atoms with E-state index >= 15 is 0 Å². The number of unbranched alkanes of at least 4 members (excludes halogenated alkanes) is 22. The summed E-state index contributed by atoms with van der Waals surface area (Å²) in [4.78, 5) is 39.8. The fourth-order valence-corrected chi connectivity index (χ4v) is 8.65. The van der Waals surface area contributed by atoms with Crippen LogP contribution in [0, 0.1) is 0 Å². The van der Waals surface area contributed by atoms with Crippen molar-refractivity contribution in [3.63, 3.8) is 0 Å². The minimum atomic E-state index is -4.71. The number of hydrogen-bond donors (Lipinski definition) is 1. The number of rotatable bonds is 52. The molecule has 0 bridgehead atoms. The fourth-order valence-electron chi connectivity index (χ4n) is 7.93. The molecule has 73 heavy (non-hydrogen) atoms. The normalized spacial score (nSPS) is 14.5. The van der Waals surface area contributed by atoms with Crippen molar-refractivity contribution in [3.8, 4) is 0 Å². The van der Waals surface area contributed by atoms with Gasteiger partial charge < -0.3 is 28.5 Å². The van der Waals surface area contributed by atoms with Gasteiger partial charge in [-0.3, -0.25) is 14.2 Å². The number of hydrogen-bond acceptors (Lipinski definition) is 7. The number of likely N-dealkylation sites (N-methyl/N-ethyl adjacent to an activating group) is 1. The molecule has 0 radical (unpaired) electrons. The maximum atomic E-state index is 13.5. The van der Waals surface area contributed by atoms with Crippen LogP contribution in [0.2, 0.25) is 0 Å². The van der Waals surface area contributed by atoms with Gasteiger partial charge in [0.15, 0.2) is 0 Å². The molecule has 10 heteroatoms. The van der Waals surface area contributed by atoms with Crippen LogP contribution in [-0.2, 0) is 27.9 Å². The smallest absolute Gasteiger partial charge is 0.306 e. The Labute approximate surface area is 449 Å². The van der Waals surface area contributed by atoms with Crippen LogP contribution in [0.4, 0.5) is 0 Å². The van der Waals surface area contributed by atoms with E-state index in [2.05, 4.69) is 111 Å². The number of phosphoric acid groups is 1. The van der Waals surface area contributed by atoms with Crippen molar-refractivity contribution in [2.24, 2.45) is 0 Å². The summed E-state index contributed by atoms with van der Waals surface area (Å²) in [6, 6.07) is -0.912. The third-order valence-corrected chi connectivity index (χ3v) is 13.5. The van der Waals surface area contributed by atoms with Crippen molar-refractivity contribution in [2.45, 2.75) is 251 Å². The minimum Gasteiger partial charge on any atom is -0.756 e. The number of phosphoric ester groups is 1.